The van der Waals surface area contributed by atoms with Gasteiger partial charge in [0.25, 0.3) is 5.91 Å². The minimum atomic E-state index is -0.361. The van der Waals surface area contributed by atoms with Crippen molar-refractivity contribution in [2.45, 2.75) is 6.92 Å². The summed E-state index contributed by atoms with van der Waals surface area (Å²) in [7, 11) is 0. The van der Waals surface area contributed by atoms with Crippen LogP contribution in [0, 0.1) is 6.92 Å². The number of amides is 1. The van der Waals surface area contributed by atoms with Crippen LogP contribution >= 0.6 is 0 Å². The van der Waals surface area contributed by atoms with Crippen LogP contribution in [0.2, 0.25) is 0 Å². The largest absolute Gasteiger partial charge is 0.360 e. The van der Waals surface area contributed by atoms with E-state index in [1.807, 2.05) is 42.5 Å². The van der Waals surface area contributed by atoms with Crippen LogP contribution in [-0.2, 0) is 0 Å². The highest BCUT2D eigenvalue weighted by Gasteiger charge is 2.21. The SMILES string of the molecule is Cc1onc(-c2ccccc2)c1C(=O)N/N=C\c1ccc[nH]1. The third-order valence-corrected chi connectivity index (χ3v) is 3.13. The predicted molar refractivity (Wildman–Crippen MR) is 82.5 cm³/mol. The fraction of sp³-hybridized carbons (Fsp3) is 0.0625. The highest BCUT2D eigenvalue weighted by molar-refractivity contribution is 6.01. The molecular formula is C16H14N4O2. The van der Waals surface area contributed by atoms with Crippen molar-refractivity contribution in [3.63, 3.8) is 0 Å². The summed E-state index contributed by atoms with van der Waals surface area (Å²) in [6.07, 6.45) is 3.31. The number of benzene rings is 1. The molecule has 1 aromatic carbocycles. The molecule has 22 heavy (non-hydrogen) atoms. The van der Waals surface area contributed by atoms with Crippen LogP contribution < -0.4 is 5.43 Å². The number of hydrogen-bond donors (Lipinski definition) is 2. The van der Waals surface area contributed by atoms with E-state index < -0.39 is 0 Å². The van der Waals surface area contributed by atoms with Crippen molar-refractivity contribution < 1.29 is 9.32 Å². The summed E-state index contributed by atoms with van der Waals surface area (Å²) in [5.41, 5.74) is 4.99. The van der Waals surface area contributed by atoms with Crippen molar-refractivity contribution in [1.29, 1.82) is 0 Å². The van der Waals surface area contributed by atoms with Gasteiger partial charge in [0.1, 0.15) is 17.0 Å². The first kappa shape index (κ1) is 13.8. The van der Waals surface area contributed by atoms with Gasteiger partial charge in [-0.15, -0.1) is 0 Å². The Bertz CT molecular complexity index is 789. The average molecular weight is 294 g/mol. The molecule has 110 valence electrons. The Morgan fingerprint density at radius 1 is 1.27 bits per heavy atom. The molecule has 0 aliphatic rings. The molecule has 0 bridgehead atoms. The van der Waals surface area contributed by atoms with E-state index in [0.717, 1.165) is 11.3 Å². The number of nitrogens with one attached hydrogen (secondary N) is 2. The minimum Gasteiger partial charge on any atom is -0.360 e. The monoisotopic (exact) mass is 294 g/mol. The average Bonchev–Trinajstić information content (AvgIpc) is 3.17. The molecule has 3 rings (SSSR count). The summed E-state index contributed by atoms with van der Waals surface area (Å²) < 4.78 is 5.15. The van der Waals surface area contributed by atoms with E-state index in [1.165, 1.54) is 6.21 Å². The van der Waals surface area contributed by atoms with Gasteiger partial charge in [0, 0.05) is 11.8 Å². The van der Waals surface area contributed by atoms with Crippen molar-refractivity contribution >= 4 is 12.1 Å². The lowest BCUT2D eigenvalue weighted by Crippen LogP contribution is -2.18. The number of nitrogens with zero attached hydrogens (tertiary/aromatic N) is 2. The maximum Gasteiger partial charge on any atom is 0.277 e. The Balaban J connectivity index is 1.82. The molecule has 0 saturated carbocycles. The molecule has 2 heterocycles. The van der Waals surface area contributed by atoms with Crippen molar-refractivity contribution in [1.82, 2.24) is 15.6 Å². The van der Waals surface area contributed by atoms with E-state index in [4.69, 9.17) is 4.52 Å². The molecule has 0 radical (unpaired) electrons. The van der Waals surface area contributed by atoms with Gasteiger partial charge in [-0.3, -0.25) is 4.79 Å². The number of aromatic amines is 1. The Morgan fingerprint density at radius 2 is 2.09 bits per heavy atom. The van der Waals surface area contributed by atoms with E-state index in [9.17, 15) is 4.79 Å². The molecule has 0 atom stereocenters. The van der Waals surface area contributed by atoms with E-state index >= 15 is 0 Å². The molecule has 0 spiro atoms. The molecule has 6 heteroatoms. The number of H-pyrrole nitrogens is 1. The second-order valence-electron chi connectivity index (χ2n) is 4.65. The Labute approximate surface area is 126 Å². The topological polar surface area (TPSA) is 83.3 Å². The van der Waals surface area contributed by atoms with Crippen LogP contribution in [0.15, 0.2) is 58.3 Å². The van der Waals surface area contributed by atoms with Crippen LogP contribution in [0.3, 0.4) is 0 Å². The molecule has 1 amide bonds. The molecule has 0 aliphatic carbocycles. The molecule has 0 unspecified atom stereocenters. The van der Waals surface area contributed by atoms with Crippen molar-refractivity contribution in [3.05, 3.63) is 65.7 Å². The number of hydrazone groups is 1. The Morgan fingerprint density at radius 3 is 2.82 bits per heavy atom. The number of aromatic nitrogens is 2. The summed E-state index contributed by atoms with van der Waals surface area (Å²) in [6.45, 7) is 1.70. The second kappa shape index (κ2) is 6.09. The third kappa shape index (κ3) is 2.80. The lowest BCUT2D eigenvalue weighted by molar-refractivity contribution is 0.0954. The molecular weight excluding hydrogens is 280 g/mol. The van der Waals surface area contributed by atoms with E-state index in [2.05, 4.69) is 20.7 Å². The maximum atomic E-state index is 12.3. The highest BCUT2D eigenvalue weighted by Crippen LogP contribution is 2.24. The Hall–Kier alpha value is -3.15. The van der Waals surface area contributed by atoms with Crippen molar-refractivity contribution in [2.24, 2.45) is 5.10 Å². The van der Waals surface area contributed by atoms with Crippen LogP contribution in [-0.4, -0.2) is 22.3 Å². The number of rotatable bonds is 4. The first-order chi connectivity index (χ1) is 10.8. The van der Waals surface area contributed by atoms with Crippen LogP contribution in [0.4, 0.5) is 0 Å². The summed E-state index contributed by atoms with van der Waals surface area (Å²) in [5, 5.41) is 7.89. The third-order valence-electron chi connectivity index (χ3n) is 3.13. The van der Waals surface area contributed by atoms with Gasteiger partial charge in [-0.2, -0.15) is 5.10 Å². The normalized spacial score (nSPS) is 11.0. The lowest BCUT2D eigenvalue weighted by Gasteiger charge is -2.01. The van der Waals surface area contributed by atoms with E-state index in [1.54, 1.807) is 13.1 Å². The second-order valence-corrected chi connectivity index (χ2v) is 4.65. The van der Waals surface area contributed by atoms with Crippen LogP contribution in [0.5, 0.6) is 0 Å². The molecule has 0 fully saturated rings. The number of aryl methyl sites for hydroxylation is 1. The highest BCUT2D eigenvalue weighted by atomic mass is 16.5. The van der Waals surface area contributed by atoms with E-state index in [-0.39, 0.29) is 5.91 Å². The van der Waals surface area contributed by atoms with Crippen molar-refractivity contribution in [3.8, 4) is 11.3 Å². The van der Waals surface area contributed by atoms with Gasteiger partial charge in [-0.25, -0.2) is 5.43 Å². The number of carbonyl (C=O) groups excluding carboxylic acids is 1. The van der Waals surface area contributed by atoms with Crippen LogP contribution in [0.25, 0.3) is 11.3 Å². The molecule has 2 N–H and O–H groups in total. The molecule has 0 saturated heterocycles. The first-order valence-electron chi connectivity index (χ1n) is 6.74. The Kier molecular flexibility index (Phi) is 3.82. The zero-order valence-corrected chi connectivity index (χ0v) is 11.9. The fourth-order valence-corrected chi connectivity index (χ4v) is 2.07. The molecule has 2 aromatic heterocycles. The van der Waals surface area contributed by atoms with E-state index in [0.29, 0.717) is 17.0 Å². The molecule has 3 aromatic rings. The number of hydrogen-bond acceptors (Lipinski definition) is 4. The summed E-state index contributed by atoms with van der Waals surface area (Å²) in [5.74, 6) is 0.0897. The van der Waals surface area contributed by atoms with Gasteiger partial charge in [-0.05, 0) is 19.1 Å². The molecule has 0 aliphatic heterocycles. The zero-order chi connectivity index (χ0) is 15.4. The predicted octanol–water partition coefficient (Wildman–Crippen LogP) is 2.74. The molecule has 6 nitrogen and oxygen atoms in total. The van der Waals surface area contributed by atoms with Gasteiger partial charge < -0.3 is 9.51 Å². The summed E-state index contributed by atoms with van der Waals surface area (Å²) >= 11 is 0. The lowest BCUT2D eigenvalue weighted by atomic mass is 10.1. The maximum absolute atomic E-state index is 12.3. The van der Waals surface area contributed by atoms with Gasteiger partial charge in [-0.1, -0.05) is 35.5 Å². The summed E-state index contributed by atoms with van der Waals surface area (Å²) in [4.78, 5) is 15.3. The van der Waals surface area contributed by atoms with Crippen LogP contribution in [0.1, 0.15) is 21.8 Å². The smallest absolute Gasteiger partial charge is 0.277 e. The standard InChI is InChI=1S/C16H14N4O2/c1-11-14(15(20-22-11)12-6-3-2-4-7-12)16(21)19-18-10-13-8-5-9-17-13/h2-10,17H,1H3,(H,19,21)/b18-10-. The quantitative estimate of drug-likeness (QED) is 0.573. The van der Waals surface area contributed by atoms with Gasteiger partial charge in [0.2, 0.25) is 0 Å². The van der Waals surface area contributed by atoms with Gasteiger partial charge in [0.05, 0.1) is 11.9 Å². The van der Waals surface area contributed by atoms with Crippen molar-refractivity contribution in [2.75, 3.05) is 0 Å². The minimum absolute atomic E-state index is 0.361. The first-order valence-corrected chi connectivity index (χ1v) is 6.74. The van der Waals surface area contributed by atoms with Gasteiger partial charge >= 0.3 is 0 Å². The summed E-state index contributed by atoms with van der Waals surface area (Å²) in [6, 6.07) is 13.1. The van der Waals surface area contributed by atoms with Gasteiger partial charge in [0.15, 0.2) is 0 Å². The zero-order valence-electron chi connectivity index (χ0n) is 11.9. The fourth-order valence-electron chi connectivity index (χ4n) is 2.07. The number of carbonyl (C=O) groups is 1.